The molecule has 0 fully saturated rings. The van der Waals surface area contributed by atoms with E-state index in [1.807, 2.05) is 31.2 Å². The number of aliphatic carboxylic acids is 1. The number of H-pyrrole nitrogens is 1. The molecule has 7 heteroatoms. The number of ether oxygens (including phenoxy) is 1. The number of halogens is 1. The van der Waals surface area contributed by atoms with Crippen LogP contribution in [0.2, 0.25) is 0 Å². The number of nitriles is 1. The largest absolute Gasteiger partial charge is 0.481 e. The predicted molar refractivity (Wildman–Crippen MR) is 107 cm³/mol. The van der Waals surface area contributed by atoms with Crippen molar-refractivity contribution in [1.29, 1.82) is 5.26 Å². The van der Waals surface area contributed by atoms with E-state index >= 15 is 0 Å². The molecule has 3 rings (SSSR count). The van der Waals surface area contributed by atoms with E-state index in [2.05, 4.69) is 38.6 Å². The Kier molecular flexibility index (Phi) is 5.23. The van der Waals surface area contributed by atoms with Gasteiger partial charge in [0, 0.05) is 0 Å². The highest BCUT2D eigenvalue weighted by molar-refractivity contribution is 14.1. The van der Waals surface area contributed by atoms with Crippen LogP contribution >= 0.6 is 22.6 Å². The summed E-state index contributed by atoms with van der Waals surface area (Å²) in [7, 11) is 0. The van der Waals surface area contributed by atoms with Crippen LogP contribution in [0.4, 0.5) is 0 Å². The number of aromatic nitrogens is 2. The lowest BCUT2D eigenvalue weighted by molar-refractivity contribution is -0.139. The van der Waals surface area contributed by atoms with Crippen molar-refractivity contribution < 1.29 is 14.6 Å². The monoisotopic (exact) mass is 459 g/mol. The van der Waals surface area contributed by atoms with E-state index in [-0.39, 0.29) is 0 Å². The van der Waals surface area contributed by atoms with Gasteiger partial charge in [-0.05, 0) is 71.0 Å². The van der Waals surface area contributed by atoms with Crippen molar-refractivity contribution in [3.05, 3.63) is 56.9 Å². The maximum Gasteiger partial charge on any atom is 0.341 e. The minimum atomic E-state index is -1.03. The van der Waals surface area contributed by atoms with Gasteiger partial charge in [0.15, 0.2) is 6.61 Å². The second kappa shape index (κ2) is 7.58. The lowest BCUT2D eigenvalue weighted by Gasteiger charge is -2.06. The lowest BCUT2D eigenvalue weighted by Crippen LogP contribution is -2.10. The number of imidazole rings is 1. The summed E-state index contributed by atoms with van der Waals surface area (Å²) < 4.78 is 5.97. The first-order valence-corrected chi connectivity index (χ1v) is 8.77. The molecule has 0 aliphatic heterocycles. The molecule has 3 aromatic rings. The number of aromatic amines is 1. The number of benzene rings is 2. The predicted octanol–water partition coefficient (Wildman–Crippen LogP) is 4.00. The Hall–Kier alpha value is -2.86. The van der Waals surface area contributed by atoms with Gasteiger partial charge in [-0.25, -0.2) is 9.78 Å². The molecule has 1 aromatic heterocycles. The summed E-state index contributed by atoms with van der Waals surface area (Å²) in [6.45, 7) is 1.60. The molecule has 0 unspecified atom stereocenters. The zero-order chi connectivity index (χ0) is 18.7. The van der Waals surface area contributed by atoms with Crippen molar-refractivity contribution in [2.75, 3.05) is 6.61 Å². The molecule has 0 bridgehead atoms. The van der Waals surface area contributed by atoms with Gasteiger partial charge in [0.25, 0.3) is 0 Å². The maximum atomic E-state index is 10.6. The highest BCUT2D eigenvalue weighted by Crippen LogP contribution is 2.25. The molecule has 0 amide bonds. The number of carboxylic acid groups (broad SMARTS) is 1. The van der Waals surface area contributed by atoms with Gasteiger partial charge in [-0.15, -0.1) is 0 Å². The molecule has 26 heavy (non-hydrogen) atoms. The Labute approximate surface area is 163 Å². The third-order valence-corrected chi connectivity index (χ3v) is 4.47. The van der Waals surface area contributed by atoms with Crippen molar-refractivity contribution in [2.24, 2.45) is 0 Å². The number of rotatable bonds is 5. The second-order valence-electron chi connectivity index (χ2n) is 5.65. The summed E-state index contributed by atoms with van der Waals surface area (Å²) in [5.41, 5.74) is 4.01. The van der Waals surface area contributed by atoms with Gasteiger partial charge in [0.05, 0.1) is 20.2 Å². The molecule has 0 saturated carbocycles. The molecular formula is C19H14IN3O3. The SMILES string of the molecule is Cc1ccc2nc(/C(C#N)=C\c3ccc(OCC(=O)O)c(I)c3)[nH]c2c1. The molecule has 2 N–H and O–H groups in total. The Bertz CT molecular complexity index is 1060. The Morgan fingerprint density at radius 3 is 2.88 bits per heavy atom. The first kappa shape index (κ1) is 17.9. The smallest absolute Gasteiger partial charge is 0.341 e. The summed E-state index contributed by atoms with van der Waals surface area (Å²) in [5.74, 6) is -0.0335. The second-order valence-corrected chi connectivity index (χ2v) is 6.81. The van der Waals surface area contributed by atoms with Gasteiger partial charge in [0.2, 0.25) is 0 Å². The highest BCUT2D eigenvalue weighted by atomic mass is 127. The topological polar surface area (TPSA) is 99.0 Å². The van der Waals surface area contributed by atoms with Gasteiger partial charge >= 0.3 is 5.97 Å². The number of allylic oxidation sites excluding steroid dienone is 1. The maximum absolute atomic E-state index is 10.6. The van der Waals surface area contributed by atoms with Crippen LogP contribution < -0.4 is 4.74 Å². The van der Waals surface area contributed by atoms with Crippen LogP contribution in [-0.2, 0) is 4.79 Å². The molecule has 0 spiro atoms. The Morgan fingerprint density at radius 2 is 2.19 bits per heavy atom. The van der Waals surface area contributed by atoms with E-state index in [4.69, 9.17) is 9.84 Å². The molecule has 130 valence electrons. The van der Waals surface area contributed by atoms with Crippen LogP contribution in [0.3, 0.4) is 0 Å². The van der Waals surface area contributed by atoms with Crippen LogP contribution in [-0.4, -0.2) is 27.7 Å². The summed E-state index contributed by atoms with van der Waals surface area (Å²) >= 11 is 2.07. The van der Waals surface area contributed by atoms with Crippen molar-refractivity contribution in [3.8, 4) is 11.8 Å². The van der Waals surface area contributed by atoms with Crippen molar-refractivity contribution in [2.45, 2.75) is 6.92 Å². The van der Waals surface area contributed by atoms with Crippen LogP contribution in [0.15, 0.2) is 36.4 Å². The van der Waals surface area contributed by atoms with Crippen LogP contribution in [0.5, 0.6) is 5.75 Å². The van der Waals surface area contributed by atoms with Crippen LogP contribution in [0.1, 0.15) is 17.0 Å². The number of aryl methyl sites for hydroxylation is 1. The van der Waals surface area contributed by atoms with E-state index in [0.29, 0.717) is 17.1 Å². The molecule has 1 heterocycles. The lowest BCUT2D eigenvalue weighted by atomic mass is 10.1. The van der Waals surface area contributed by atoms with E-state index in [1.54, 1.807) is 18.2 Å². The van der Waals surface area contributed by atoms with E-state index in [9.17, 15) is 10.1 Å². The fourth-order valence-electron chi connectivity index (χ4n) is 2.43. The minimum absolute atomic E-state index is 0.396. The summed E-state index contributed by atoms with van der Waals surface area (Å²) in [6.07, 6.45) is 1.73. The molecule has 6 nitrogen and oxygen atoms in total. The number of carboxylic acids is 1. The summed E-state index contributed by atoms with van der Waals surface area (Å²) in [5, 5.41) is 18.2. The number of fused-ring (bicyclic) bond motifs is 1. The Morgan fingerprint density at radius 1 is 1.38 bits per heavy atom. The fourth-order valence-corrected chi connectivity index (χ4v) is 3.13. The minimum Gasteiger partial charge on any atom is -0.481 e. The molecule has 0 aliphatic carbocycles. The fraction of sp³-hybridized carbons (Fsp3) is 0.105. The van der Waals surface area contributed by atoms with Crippen LogP contribution in [0, 0.1) is 21.8 Å². The van der Waals surface area contributed by atoms with E-state index < -0.39 is 12.6 Å². The van der Waals surface area contributed by atoms with E-state index in [1.165, 1.54) is 0 Å². The molecule has 0 aliphatic rings. The number of nitrogens with one attached hydrogen (secondary N) is 1. The quantitative estimate of drug-likeness (QED) is 0.444. The standard InChI is InChI=1S/C19H14IN3O3/c1-11-2-4-15-16(6-11)23-19(22-15)13(9-21)7-12-3-5-17(14(20)8-12)26-10-18(24)25/h2-8H,10H2,1H3,(H,22,23)(H,24,25)/b13-7-. The number of hydrogen-bond donors (Lipinski definition) is 2. The van der Waals surface area contributed by atoms with Gasteiger partial charge < -0.3 is 14.8 Å². The van der Waals surface area contributed by atoms with Gasteiger partial charge in [-0.3, -0.25) is 0 Å². The van der Waals surface area contributed by atoms with Crippen LogP contribution in [0.25, 0.3) is 22.7 Å². The molecular weight excluding hydrogens is 445 g/mol. The Balaban J connectivity index is 1.92. The summed E-state index contributed by atoms with van der Waals surface area (Å²) in [6, 6.07) is 13.3. The number of hydrogen-bond acceptors (Lipinski definition) is 4. The highest BCUT2D eigenvalue weighted by Gasteiger charge is 2.09. The third-order valence-electron chi connectivity index (χ3n) is 3.63. The molecule has 0 saturated heterocycles. The number of carbonyl (C=O) groups is 1. The third kappa shape index (κ3) is 4.03. The normalized spacial score (nSPS) is 11.3. The number of nitrogens with zero attached hydrogens (tertiary/aromatic N) is 2. The average molecular weight is 459 g/mol. The molecule has 2 aromatic carbocycles. The first-order valence-electron chi connectivity index (χ1n) is 7.69. The zero-order valence-corrected chi connectivity index (χ0v) is 15.9. The summed E-state index contributed by atoms with van der Waals surface area (Å²) in [4.78, 5) is 18.2. The van der Waals surface area contributed by atoms with Crippen molar-refractivity contribution >= 4 is 51.2 Å². The molecule has 0 radical (unpaired) electrons. The van der Waals surface area contributed by atoms with Gasteiger partial charge in [-0.1, -0.05) is 12.1 Å². The van der Waals surface area contributed by atoms with Gasteiger partial charge in [-0.2, -0.15) is 5.26 Å². The average Bonchev–Trinajstić information content (AvgIpc) is 3.01. The zero-order valence-electron chi connectivity index (χ0n) is 13.8. The first-order chi connectivity index (χ1) is 12.5. The molecule has 0 atom stereocenters. The van der Waals surface area contributed by atoms with E-state index in [0.717, 1.165) is 25.7 Å². The van der Waals surface area contributed by atoms with Crippen molar-refractivity contribution in [3.63, 3.8) is 0 Å². The van der Waals surface area contributed by atoms with Gasteiger partial charge in [0.1, 0.15) is 17.6 Å². The van der Waals surface area contributed by atoms with Crippen molar-refractivity contribution in [1.82, 2.24) is 9.97 Å².